The molecule has 0 aromatic carbocycles. The quantitative estimate of drug-likeness (QED) is 0.509. The average molecular weight is 247 g/mol. The maximum Gasteiger partial charge on any atom is 0.327 e. The highest BCUT2D eigenvalue weighted by molar-refractivity contribution is 8.00. The van der Waals surface area contributed by atoms with Crippen molar-refractivity contribution in [2.75, 3.05) is 5.75 Å². The molecule has 4 atom stereocenters. The largest absolute Gasteiger partial charge is 0.480 e. The molecule has 0 saturated carbocycles. The maximum absolute atomic E-state index is 11.6. The van der Waals surface area contributed by atoms with Crippen LogP contribution < -0.4 is 0 Å². The maximum atomic E-state index is 11.6. The van der Waals surface area contributed by atoms with E-state index in [1.54, 1.807) is 0 Å². The number of carboxylic acids is 1. The lowest BCUT2D eigenvalue weighted by atomic mass is 9.91. The first-order valence-corrected chi connectivity index (χ1v) is 5.90. The number of aliphatic hydroxyl groups excluding tert-OH is 1. The van der Waals surface area contributed by atoms with Crippen LogP contribution >= 0.6 is 24.0 Å². The molecule has 1 amide bonds. The lowest BCUT2D eigenvalue weighted by Gasteiger charge is -2.44. The van der Waals surface area contributed by atoms with Crippen molar-refractivity contribution in [2.45, 2.75) is 17.5 Å². The summed E-state index contributed by atoms with van der Waals surface area (Å²) in [6, 6.07) is -0.749. The van der Waals surface area contributed by atoms with Gasteiger partial charge in [0.05, 0.1) is 17.4 Å². The summed E-state index contributed by atoms with van der Waals surface area (Å²) in [5.41, 5.74) is 0. The molecule has 0 radical (unpaired) electrons. The van der Waals surface area contributed by atoms with Crippen molar-refractivity contribution in [3.8, 4) is 0 Å². The molecule has 5 nitrogen and oxygen atoms in total. The van der Waals surface area contributed by atoms with Gasteiger partial charge in [0, 0.05) is 11.1 Å². The van der Waals surface area contributed by atoms with E-state index in [0.29, 0.717) is 5.75 Å². The molecule has 7 heteroatoms. The number of aliphatic carboxylic acids is 1. The third kappa shape index (κ3) is 1.45. The van der Waals surface area contributed by atoms with Crippen LogP contribution in [0.15, 0.2) is 0 Å². The summed E-state index contributed by atoms with van der Waals surface area (Å²) in [6.07, 6.45) is -0.950. The van der Waals surface area contributed by atoms with E-state index in [9.17, 15) is 14.7 Å². The molecule has 15 heavy (non-hydrogen) atoms. The van der Waals surface area contributed by atoms with E-state index in [1.807, 2.05) is 0 Å². The third-order valence-electron chi connectivity index (χ3n) is 2.67. The summed E-state index contributed by atoms with van der Waals surface area (Å²) in [5.74, 6) is -1.48. The zero-order chi connectivity index (χ0) is 11.2. The molecule has 0 aliphatic carbocycles. The summed E-state index contributed by atoms with van der Waals surface area (Å²) in [7, 11) is 0. The highest BCUT2D eigenvalue weighted by Crippen LogP contribution is 2.44. The minimum atomic E-state index is -0.992. The first-order chi connectivity index (χ1) is 7.07. The van der Waals surface area contributed by atoms with Crippen molar-refractivity contribution < 1.29 is 19.8 Å². The van der Waals surface area contributed by atoms with Crippen molar-refractivity contribution >= 4 is 41.2 Å². The molecule has 2 unspecified atom stereocenters. The van der Waals surface area contributed by atoms with E-state index in [4.69, 9.17) is 5.11 Å². The number of aliphatic hydroxyl groups is 1. The molecule has 0 bridgehead atoms. The van der Waals surface area contributed by atoms with Crippen molar-refractivity contribution in [3.63, 3.8) is 0 Å². The molecule has 2 rings (SSSR count). The van der Waals surface area contributed by atoms with Crippen LogP contribution in [0.5, 0.6) is 0 Å². The summed E-state index contributed by atoms with van der Waals surface area (Å²) in [6.45, 7) is 0. The molecule has 0 aromatic heterocycles. The van der Waals surface area contributed by atoms with Gasteiger partial charge in [0.2, 0.25) is 5.91 Å². The fourth-order valence-corrected chi connectivity index (χ4v) is 3.63. The van der Waals surface area contributed by atoms with Crippen LogP contribution in [0.25, 0.3) is 0 Å². The number of rotatable bonds is 3. The van der Waals surface area contributed by atoms with E-state index in [1.165, 1.54) is 16.7 Å². The summed E-state index contributed by atoms with van der Waals surface area (Å²) in [5, 5.41) is 19.2. The average Bonchev–Trinajstić information content (AvgIpc) is 2.57. The lowest BCUT2D eigenvalue weighted by molar-refractivity contribution is -0.164. The van der Waals surface area contributed by atoms with Crippen molar-refractivity contribution in [1.82, 2.24) is 4.90 Å². The van der Waals surface area contributed by atoms with Crippen LogP contribution in [0, 0.1) is 5.92 Å². The number of carbonyl (C=O) groups is 2. The number of β-lactam (4-membered cyclic amide) rings is 1. The first kappa shape index (κ1) is 10.8. The minimum absolute atomic E-state index is 0.229. The van der Waals surface area contributed by atoms with Gasteiger partial charge in [-0.05, 0) is 0 Å². The number of hydrogen-bond donors (Lipinski definition) is 2. The van der Waals surface area contributed by atoms with Gasteiger partial charge in [0.15, 0.2) is 0 Å². The van der Waals surface area contributed by atoms with Crippen LogP contribution in [0.3, 0.4) is 0 Å². The standard InChI is InChI=1S/C8H9NO4S2/c10-4(1-14)5-6(11)9-3(8(12)13)2-15-7(5)9/h1,3-5,7,10H,2H2,(H,12,13)/t3?,4?,5-,7+/m0/s1. The minimum Gasteiger partial charge on any atom is -0.480 e. The first-order valence-electron chi connectivity index (χ1n) is 4.38. The van der Waals surface area contributed by atoms with Gasteiger partial charge in [-0.25, -0.2) is 4.79 Å². The van der Waals surface area contributed by atoms with Gasteiger partial charge in [-0.2, -0.15) is 0 Å². The van der Waals surface area contributed by atoms with Crippen LogP contribution in [-0.2, 0) is 9.59 Å². The number of amides is 1. The van der Waals surface area contributed by atoms with Gasteiger partial charge in [-0.15, -0.1) is 11.8 Å². The van der Waals surface area contributed by atoms with Crippen molar-refractivity contribution in [2.24, 2.45) is 5.92 Å². The Morgan fingerprint density at radius 2 is 2.40 bits per heavy atom. The zero-order valence-electron chi connectivity index (χ0n) is 7.57. The van der Waals surface area contributed by atoms with Crippen LogP contribution in [-0.4, -0.2) is 55.6 Å². The predicted octanol–water partition coefficient (Wildman–Crippen LogP) is -0.668. The highest BCUT2D eigenvalue weighted by Gasteiger charge is 2.58. The Kier molecular flexibility index (Phi) is 2.70. The van der Waals surface area contributed by atoms with E-state index in [0.717, 1.165) is 5.37 Å². The number of carboxylic acid groups (broad SMARTS) is 1. The Morgan fingerprint density at radius 3 is 2.93 bits per heavy atom. The SMILES string of the molecule is O=C(O)C1CS[C@@H]2[C@@H](C(O)C=S)C(=O)N12. The van der Waals surface area contributed by atoms with Crippen molar-refractivity contribution in [1.29, 1.82) is 0 Å². The van der Waals surface area contributed by atoms with Gasteiger partial charge in [-0.3, -0.25) is 4.79 Å². The Morgan fingerprint density at radius 1 is 1.73 bits per heavy atom. The monoisotopic (exact) mass is 247 g/mol. The third-order valence-corrected chi connectivity index (χ3v) is 4.32. The van der Waals surface area contributed by atoms with Gasteiger partial charge in [0.1, 0.15) is 6.04 Å². The predicted molar refractivity (Wildman–Crippen MR) is 57.7 cm³/mol. The molecule has 0 spiro atoms. The number of thioether (sulfide) groups is 1. The number of thiocarbonyl (C=S) groups is 1. The van der Waals surface area contributed by atoms with Gasteiger partial charge in [0.25, 0.3) is 0 Å². The van der Waals surface area contributed by atoms with Crippen LogP contribution in [0.1, 0.15) is 0 Å². The number of hydrogen-bond acceptors (Lipinski definition) is 5. The van der Waals surface area contributed by atoms with Crippen LogP contribution in [0.2, 0.25) is 0 Å². The fourth-order valence-electron chi connectivity index (χ4n) is 1.89. The Labute approximate surface area is 95.4 Å². The molecular weight excluding hydrogens is 238 g/mol. The number of nitrogens with zero attached hydrogens (tertiary/aromatic N) is 1. The molecule has 0 aromatic rings. The lowest BCUT2D eigenvalue weighted by Crippen LogP contribution is -2.64. The molecule has 2 heterocycles. The van der Waals surface area contributed by atoms with E-state index >= 15 is 0 Å². The van der Waals surface area contributed by atoms with Gasteiger partial charge in [-0.1, -0.05) is 12.2 Å². The smallest absolute Gasteiger partial charge is 0.327 e. The second-order valence-corrected chi connectivity index (χ2v) is 4.90. The molecule has 2 saturated heterocycles. The number of fused-ring (bicyclic) bond motifs is 1. The Hall–Kier alpha value is -0.660. The van der Waals surface area contributed by atoms with E-state index in [-0.39, 0.29) is 11.3 Å². The molecule has 82 valence electrons. The van der Waals surface area contributed by atoms with E-state index in [2.05, 4.69) is 12.2 Å². The summed E-state index contributed by atoms with van der Waals surface area (Å²) in [4.78, 5) is 23.7. The molecule has 2 aliphatic rings. The second kappa shape index (κ2) is 3.73. The Bertz CT molecular complexity index is 335. The van der Waals surface area contributed by atoms with E-state index < -0.39 is 24.0 Å². The molecule has 2 N–H and O–H groups in total. The topological polar surface area (TPSA) is 77.8 Å². The molecular formula is C8H9NO4S2. The summed E-state index contributed by atoms with van der Waals surface area (Å²) >= 11 is 5.96. The Balaban J connectivity index is 2.13. The van der Waals surface area contributed by atoms with Crippen LogP contribution in [0.4, 0.5) is 0 Å². The molecule has 2 aliphatic heterocycles. The zero-order valence-corrected chi connectivity index (χ0v) is 9.20. The summed E-state index contributed by atoms with van der Waals surface area (Å²) < 4.78 is 0. The fraction of sp³-hybridized carbons (Fsp3) is 0.625. The number of carbonyl (C=O) groups excluding carboxylic acids is 1. The highest BCUT2D eigenvalue weighted by atomic mass is 32.2. The van der Waals surface area contributed by atoms with Gasteiger partial charge >= 0.3 is 5.97 Å². The van der Waals surface area contributed by atoms with Gasteiger partial charge < -0.3 is 15.1 Å². The van der Waals surface area contributed by atoms with Crippen molar-refractivity contribution in [3.05, 3.63) is 0 Å². The second-order valence-electron chi connectivity index (χ2n) is 3.48. The molecule has 2 fully saturated rings. The normalized spacial score (nSPS) is 35.7.